The Balaban J connectivity index is 2.84. The van der Waals surface area contributed by atoms with Gasteiger partial charge < -0.3 is 52.6 Å². The van der Waals surface area contributed by atoms with Crippen molar-refractivity contribution in [3.05, 3.63) is 29.8 Å². The van der Waals surface area contributed by atoms with Crippen LogP contribution >= 0.6 is 0 Å². The quantitative estimate of drug-likeness (QED) is 0.0951. The van der Waals surface area contributed by atoms with Gasteiger partial charge in [-0.25, -0.2) is 9.59 Å². The molecule has 0 aromatic heterocycles. The number of benzene rings is 1. The van der Waals surface area contributed by atoms with Gasteiger partial charge in [-0.3, -0.25) is 24.0 Å². The lowest BCUT2D eigenvalue weighted by Crippen LogP contribution is -2.59. The minimum Gasteiger partial charge on any atom is -0.445 e. The number of nitrogens with two attached hydrogens (primary N) is 1. The number of urea groups is 1. The summed E-state index contributed by atoms with van der Waals surface area (Å²) in [5.41, 5.74) is 9.10. The summed E-state index contributed by atoms with van der Waals surface area (Å²) in [5.74, 6) is -2.54. The van der Waals surface area contributed by atoms with E-state index in [1.807, 2.05) is 20.8 Å². The Morgan fingerprint density at radius 1 is 0.878 bits per heavy atom. The van der Waals surface area contributed by atoms with Crippen LogP contribution < -0.4 is 38.1 Å². The van der Waals surface area contributed by atoms with Crippen molar-refractivity contribution in [3.8, 4) is 0 Å². The van der Waals surface area contributed by atoms with Crippen LogP contribution in [0.25, 0.3) is 0 Å². The molecule has 49 heavy (non-hydrogen) atoms. The molecule has 2 atom stereocenters. The molecule has 0 saturated heterocycles. The number of hydrogen-bond acceptors (Lipinski definition) is 8. The number of primary amides is 1. The summed E-state index contributed by atoms with van der Waals surface area (Å²) in [6.45, 7) is 9.32. The van der Waals surface area contributed by atoms with Gasteiger partial charge in [0, 0.05) is 44.8 Å². The molecule has 17 nitrogen and oxygen atoms in total. The van der Waals surface area contributed by atoms with Gasteiger partial charge in [-0.15, -0.1) is 0 Å². The van der Waals surface area contributed by atoms with Crippen LogP contribution in [-0.4, -0.2) is 110 Å². The smallest absolute Gasteiger partial charge is 0.409 e. The SMILES string of the molecule is CC(C)C(NC(=O)CNC(=O)C[NH3+])C(=O)NC(CCCNC(N)=O)C(=O)Nc1ccc(COC(=O)N(C)CCN(C)C(=O)C(C)(C)C)cc1. The number of carbonyl (C=O) groups is 7. The Morgan fingerprint density at radius 2 is 1.49 bits per heavy atom. The van der Waals surface area contributed by atoms with Crippen molar-refractivity contribution < 1.29 is 44.0 Å². The van der Waals surface area contributed by atoms with Gasteiger partial charge in [0.2, 0.25) is 23.6 Å². The first-order chi connectivity index (χ1) is 22.8. The normalized spacial score (nSPS) is 12.2. The number of nitrogens with zero attached hydrogens (tertiary/aromatic N) is 2. The highest BCUT2D eigenvalue weighted by molar-refractivity contribution is 5.98. The molecule has 10 N–H and O–H groups in total. The van der Waals surface area contributed by atoms with E-state index in [4.69, 9.17) is 10.5 Å². The van der Waals surface area contributed by atoms with Gasteiger partial charge in [0.1, 0.15) is 18.7 Å². The Labute approximate surface area is 287 Å². The van der Waals surface area contributed by atoms with E-state index in [1.165, 1.54) is 4.90 Å². The molecular weight excluding hydrogens is 638 g/mol. The van der Waals surface area contributed by atoms with Crippen molar-refractivity contribution in [2.45, 2.75) is 66.2 Å². The molecule has 274 valence electrons. The summed E-state index contributed by atoms with van der Waals surface area (Å²) in [7, 11) is 3.27. The van der Waals surface area contributed by atoms with Gasteiger partial charge in [0.15, 0.2) is 6.54 Å². The van der Waals surface area contributed by atoms with E-state index in [9.17, 15) is 33.6 Å². The molecule has 0 aliphatic heterocycles. The van der Waals surface area contributed by atoms with Crippen LogP contribution in [0.2, 0.25) is 0 Å². The van der Waals surface area contributed by atoms with Crippen molar-refractivity contribution in [1.29, 1.82) is 0 Å². The fourth-order valence-electron chi connectivity index (χ4n) is 4.31. The van der Waals surface area contributed by atoms with Crippen molar-refractivity contribution in [1.82, 2.24) is 31.1 Å². The zero-order valence-electron chi connectivity index (χ0n) is 29.6. The van der Waals surface area contributed by atoms with Crippen LogP contribution in [-0.2, 0) is 35.3 Å². The average Bonchev–Trinajstić information content (AvgIpc) is 3.04. The van der Waals surface area contributed by atoms with E-state index in [-0.39, 0.29) is 51.0 Å². The molecule has 0 radical (unpaired) electrons. The first-order valence-corrected chi connectivity index (χ1v) is 16.1. The molecule has 0 fully saturated rings. The van der Waals surface area contributed by atoms with Gasteiger partial charge in [-0.05, 0) is 36.5 Å². The maximum atomic E-state index is 13.3. The number of anilines is 1. The molecular formula is C32H54N9O8+. The van der Waals surface area contributed by atoms with Gasteiger partial charge in [-0.2, -0.15) is 0 Å². The van der Waals surface area contributed by atoms with Crippen LogP contribution in [0.4, 0.5) is 15.3 Å². The zero-order valence-corrected chi connectivity index (χ0v) is 29.6. The minimum absolute atomic E-state index is 0.0268. The van der Waals surface area contributed by atoms with E-state index < -0.39 is 53.3 Å². The van der Waals surface area contributed by atoms with Crippen LogP contribution in [0, 0.1) is 11.3 Å². The monoisotopic (exact) mass is 692 g/mol. The lowest BCUT2D eigenvalue weighted by Gasteiger charge is -2.27. The van der Waals surface area contributed by atoms with Gasteiger partial charge in [0.25, 0.3) is 5.91 Å². The Kier molecular flexibility index (Phi) is 17.6. The Bertz CT molecular complexity index is 1300. The summed E-state index contributed by atoms with van der Waals surface area (Å²) < 4.78 is 5.38. The summed E-state index contributed by atoms with van der Waals surface area (Å²) in [6, 6.07) is 3.79. The Hall–Kier alpha value is -4.93. The fraction of sp³-hybridized carbons (Fsp3) is 0.594. The molecule has 8 amide bonds. The number of ether oxygens (including phenoxy) is 1. The van der Waals surface area contributed by atoms with Crippen molar-refractivity contribution in [3.63, 3.8) is 0 Å². The minimum atomic E-state index is -1.04. The summed E-state index contributed by atoms with van der Waals surface area (Å²) in [4.78, 5) is 89.2. The second kappa shape index (κ2) is 20.4. The van der Waals surface area contributed by atoms with Gasteiger partial charge in [-0.1, -0.05) is 46.8 Å². The molecule has 17 heteroatoms. The lowest BCUT2D eigenvalue weighted by atomic mass is 9.95. The molecule has 0 saturated carbocycles. The van der Waals surface area contributed by atoms with Crippen LogP contribution in [0.3, 0.4) is 0 Å². The standard InChI is InChI=1S/C32H53N9O8/c1-20(2)26(39-25(43)18-36-24(42)17-33)28(45)38-23(9-8-14-35-30(34)47)27(44)37-22-12-10-21(11-13-22)19-49-31(48)41(7)16-15-40(6)29(46)32(3,4)5/h10-13,20,23,26H,8-9,14-19,33H2,1-7H3,(H,36,42)(H,37,44)(H,38,45)(H,39,43)(H3,34,35,47)/p+1. The highest BCUT2D eigenvalue weighted by Crippen LogP contribution is 2.16. The lowest BCUT2D eigenvalue weighted by molar-refractivity contribution is -0.355. The predicted molar refractivity (Wildman–Crippen MR) is 181 cm³/mol. The van der Waals surface area contributed by atoms with E-state index in [2.05, 4.69) is 32.3 Å². The number of carbonyl (C=O) groups excluding carboxylic acids is 7. The summed E-state index contributed by atoms with van der Waals surface area (Å²) in [6.07, 6.45) is -0.117. The van der Waals surface area contributed by atoms with Crippen LogP contribution in [0.5, 0.6) is 0 Å². The molecule has 1 rings (SSSR count). The van der Waals surface area contributed by atoms with E-state index >= 15 is 0 Å². The maximum absolute atomic E-state index is 13.3. The first-order valence-electron chi connectivity index (χ1n) is 16.1. The Morgan fingerprint density at radius 3 is 2.04 bits per heavy atom. The summed E-state index contributed by atoms with van der Waals surface area (Å²) >= 11 is 0. The third-order valence-electron chi connectivity index (χ3n) is 7.20. The molecule has 0 heterocycles. The second-order valence-electron chi connectivity index (χ2n) is 12.9. The molecule has 1 aromatic rings. The second-order valence-corrected chi connectivity index (χ2v) is 12.9. The van der Waals surface area contributed by atoms with E-state index in [1.54, 1.807) is 57.1 Å². The van der Waals surface area contributed by atoms with E-state index in [0.717, 1.165) is 0 Å². The third kappa shape index (κ3) is 16.1. The fourth-order valence-corrected chi connectivity index (χ4v) is 4.31. The topological polar surface area (TPSA) is 249 Å². The summed E-state index contributed by atoms with van der Waals surface area (Å²) in [5, 5.41) is 12.8. The number of likely N-dealkylation sites (N-methyl/N-ethyl adjacent to an activating group) is 2. The number of amides is 8. The third-order valence-corrected chi connectivity index (χ3v) is 7.20. The largest absolute Gasteiger partial charge is 0.445 e. The number of hydrogen-bond donors (Lipinski definition) is 7. The molecule has 0 aliphatic rings. The number of rotatable bonds is 18. The maximum Gasteiger partial charge on any atom is 0.409 e. The van der Waals surface area contributed by atoms with Crippen molar-refractivity contribution in [2.24, 2.45) is 17.1 Å². The molecule has 2 unspecified atom stereocenters. The molecule has 1 aromatic carbocycles. The number of nitrogens with one attached hydrogen (secondary N) is 5. The van der Waals surface area contributed by atoms with Crippen molar-refractivity contribution >= 4 is 47.3 Å². The highest BCUT2D eigenvalue weighted by atomic mass is 16.6. The average molecular weight is 693 g/mol. The van der Waals surface area contributed by atoms with Crippen LogP contribution in [0.15, 0.2) is 24.3 Å². The molecule has 0 spiro atoms. The zero-order chi connectivity index (χ0) is 37.3. The van der Waals surface area contributed by atoms with Crippen LogP contribution in [0.1, 0.15) is 53.0 Å². The van der Waals surface area contributed by atoms with E-state index in [0.29, 0.717) is 24.2 Å². The van der Waals surface area contributed by atoms with Gasteiger partial charge in [0.05, 0.1) is 6.54 Å². The molecule has 0 aliphatic carbocycles. The molecule has 0 bridgehead atoms. The van der Waals surface area contributed by atoms with Gasteiger partial charge >= 0.3 is 12.1 Å². The highest BCUT2D eigenvalue weighted by Gasteiger charge is 2.29. The first kappa shape index (κ1) is 42.1. The van der Waals surface area contributed by atoms with Crippen molar-refractivity contribution in [2.75, 3.05) is 52.1 Å². The predicted octanol–water partition coefficient (Wildman–Crippen LogP) is -0.870. The number of quaternary nitrogens is 1.